The summed E-state index contributed by atoms with van der Waals surface area (Å²) in [6.07, 6.45) is 2.14. The molecule has 0 N–H and O–H groups in total. The summed E-state index contributed by atoms with van der Waals surface area (Å²) < 4.78 is 5.81. The Hall–Kier alpha value is -2.92. The number of fused-ring (bicyclic) bond motifs is 1. The molecule has 1 aromatic heterocycles. The fourth-order valence-electron chi connectivity index (χ4n) is 2.58. The van der Waals surface area contributed by atoms with E-state index in [1.165, 1.54) is 6.07 Å². The summed E-state index contributed by atoms with van der Waals surface area (Å²) in [4.78, 5) is 23.4. The van der Waals surface area contributed by atoms with Crippen molar-refractivity contribution in [3.63, 3.8) is 0 Å². The molecule has 3 aromatic rings. The van der Waals surface area contributed by atoms with Gasteiger partial charge in [-0.15, -0.1) is 6.58 Å². The number of nitrogens with zero attached hydrogens (tertiary/aromatic N) is 1. The molecule has 0 saturated carbocycles. The van der Waals surface area contributed by atoms with E-state index in [0.29, 0.717) is 17.6 Å². The maximum Gasteiger partial charge on any atom is 0.359 e. The predicted octanol–water partition coefficient (Wildman–Crippen LogP) is 4.75. The second-order valence-electron chi connectivity index (χ2n) is 5.13. The number of rotatable bonds is 4. The second kappa shape index (κ2) is 6.29. The first-order valence-corrected chi connectivity index (χ1v) is 7.51. The van der Waals surface area contributed by atoms with Crippen LogP contribution in [0.15, 0.2) is 64.3 Å². The predicted molar refractivity (Wildman–Crippen MR) is 93.5 cm³/mol. The van der Waals surface area contributed by atoms with Gasteiger partial charge >= 0.3 is 5.69 Å². The Morgan fingerprint density at radius 1 is 1.21 bits per heavy atom. The minimum absolute atomic E-state index is 0.139. The zero-order chi connectivity index (χ0) is 17.3. The molecule has 24 heavy (non-hydrogen) atoms. The van der Waals surface area contributed by atoms with E-state index >= 15 is 0 Å². The number of hydrogen-bond acceptors (Lipinski definition) is 4. The summed E-state index contributed by atoms with van der Waals surface area (Å²) in [5.74, 6) is -0.139. The van der Waals surface area contributed by atoms with Gasteiger partial charge in [-0.05, 0) is 30.2 Å². The Morgan fingerprint density at radius 2 is 1.96 bits per heavy atom. The quantitative estimate of drug-likeness (QED) is 0.390. The van der Waals surface area contributed by atoms with Crippen molar-refractivity contribution in [3.05, 3.63) is 86.0 Å². The molecule has 0 amide bonds. The van der Waals surface area contributed by atoms with E-state index in [0.717, 1.165) is 5.56 Å². The van der Waals surface area contributed by atoms with Crippen LogP contribution in [-0.4, -0.2) is 4.92 Å². The topological polar surface area (TPSA) is 73.3 Å². The van der Waals surface area contributed by atoms with Crippen molar-refractivity contribution in [1.82, 2.24) is 0 Å². The van der Waals surface area contributed by atoms with E-state index in [2.05, 4.69) is 6.58 Å². The number of benzene rings is 2. The average molecular weight is 342 g/mol. The molecule has 0 fully saturated rings. The van der Waals surface area contributed by atoms with Crippen LogP contribution in [0.25, 0.3) is 22.3 Å². The Balaban J connectivity index is 2.48. The molecular weight excluding hydrogens is 330 g/mol. The SMILES string of the molecule is C=CCc1cccc2c(=O)c([N+](=O)[O-])c(-c3ccccc3Cl)oc12. The maximum absolute atomic E-state index is 12.7. The zero-order valence-electron chi connectivity index (χ0n) is 12.5. The van der Waals surface area contributed by atoms with Crippen molar-refractivity contribution in [2.75, 3.05) is 0 Å². The standard InChI is InChI=1S/C18H12ClNO4/c1-2-6-11-7-5-9-13-16(21)15(20(22)23)18(24-17(11)13)12-8-3-4-10-14(12)19/h2-5,7-10H,1,6H2. The third kappa shape index (κ3) is 2.59. The smallest absolute Gasteiger partial charge is 0.359 e. The van der Waals surface area contributed by atoms with Crippen molar-refractivity contribution < 1.29 is 9.34 Å². The van der Waals surface area contributed by atoms with Crippen molar-refractivity contribution in [1.29, 1.82) is 0 Å². The third-order valence-electron chi connectivity index (χ3n) is 3.64. The van der Waals surface area contributed by atoms with Gasteiger partial charge in [0.05, 0.1) is 15.3 Å². The van der Waals surface area contributed by atoms with Crippen molar-refractivity contribution in [3.8, 4) is 11.3 Å². The van der Waals surface area contributed by atoms with Gasteiger partial charge in [0.25, 0.3) is 5.43 Å². The van der Waals surface area contributed by atoms with Crippen molar-refractivity contribution in [2.24, 2.45) is 0 Å². The third-order valence-corrected chi connectivity index (χ3v) is 3.97. The lowest BCUT2D eigenvalue weighted by Crippen LogP contribution is -2.11. The summed E-state index contributed by atoms with van der Waals surface area (Å²) >= 11 is 6.14. The van der Waals surface area contributed by atoms with Gasteiger partial charge in [-0.1, -0.05) is 41.9 Å². The largest absolute Gasteiger partial charge is 0.448 e. The number of nitro groups is 1. The Kier molecular flexibility index (Phi) is 4.18. The molecule has 0 atom stereocenters. The van der Waals surface area contributed by atoms with Gasteiger partial charge < -0.3 is 4.42 Å². The minimum Gasteiger partial charge on any atom is -0.448 e. The van der Waals surface area contributed by atoms with Gasteiger partial charge in [-0.25, -0.2) is 0 Å². The number of para-hydroxylation sites is 1. The van der Waals surface area contributed by atoms with Crippen LogP contribution in [0.1, 0.15) is 5.56 Å². The van der Waals surface area contributed by atoms with Crippen LogP contribution in [0.2, 0.25) is 5.02 Å². The summed E-state index contributed by atoms with van der Waals surface area (Å²) in [6.45, 7) is 3.68. The lowest BCUT2D eigenvalue weighted by atomic mass is 10.0. The fourth-order valence-corrected chi connectivity index (χ4v) is 2.80. The first-order valence-electron chi connectivity index (χ1n) is 7.13. The summed E-state index contributed by atoms with van der Waals surface area (Å²) in [6, 6.07) is 11.5. The van der Waals surface area contributed by atoms with Crippen LogP contribution in [0.4, 0.5) is 5.69 Å². The molecule has 0 spiro atoms. The highest BCUT2D eigenvalue weighted by Crippen LogP contribution is 2.35. The van der Waals surface area contributed by atoms with Gasteiger partial charge in [0.1, 0.15) is 5.58 Å². The fraction of sp³-hybridized carbons (Fsp3) is 0.0556. The summed E-state index contributed by atoms with van der Waals surface area (Å²) in [5, 5.41) is 11.9. The van der Waals surface area contributed by atoms with Crippen LogP contribution in [0.3, 0.4) is 0 Å². The monoisotopic (exact) mass is 341 g/mol. The molecule has 0 bridgehead atoms. The lowest BCUT2D eigenvalue weighted by Gasteiger charge is -2.08. The van der Waals surface area contributed by atoms with Crippen molar-refractivity contribution >= 4 is 28.3 Å². The minimum atomic E-state index is -0.732. The second-order valence-corrected chi connectivity index (χ2v) is 5.54. The van der Waals surface area contributed by atoms with E-state index in [1.54, 1.807) is 42.5 Å². The normalized spacial score (nSPS) is 10.7. The molecule has 0 aliphatic rings. The first kappa shape index (κ1) is 16.0. The number of allylic oxidation sites excluding steroid dienone is 1. The van der Waals surface area contributed by atoms with Gasteiger partial charge in [-0.3, -0.25) is 14.9 Å². The molecule has 0 unspecified atom stereocenters. The van der Waals surface area contributed by atoms with E-state index in [1.807, 2.05) is 0 Å². The highest BCUT2D eigenvalue weighted by Gasteiger charge is 2.27. The Labute approximate surface area is 141 Å². The molecule has 0 saturated heterocycles. The van der Waals surface area contributed by atoms with Gasteiger partial charge in [0.15, 0.2) is 0 Å². The molecular formula is C18H12ClNO4. The Bertz CT molecular complexity index is 1020. The molecule has 0 aliphatic heterocycles. The van der Waals surface area contributed by atoms with Crippen molar-refractivity contribution in [2.45, 2.75) is 6.42 Å². The van der Waals surface area contributed by atoms with Gasteiger partial charge in [0.2, 0.25) is 5.76 Å². The molecule has 0 aliphatic carbocycles. The molecule has 5 nitrogen and oxygen atoms in total. The van der Waals surface area contributed by atoms with E-state index in [-0.39, 0.29) is 16.2 Å². The van der Waals surface area contributed by atoms with Crippen LogP contribution in [0.5, 0.6) is 0 Å². The molecule has 1 heterocycles. The van der Waals surface area contributed by atoms with E-state index in [9.17, 15) is 14.9 Å². The number of hydrogen-bond donors (Lipinski definition) is 0. The first-order chi connectivity index (χ1) is 11.5. The lowest BCUT2D eigenvalue weighted by molar-refractivity contribution is -0.386. The molecule has 3 rings (SSSR count). The van der Waals surface area contributed by atoms with E-state index in [4.69, 9.17) is 16.0 Å². The highest BCUT2D eigenvalue weighted by atomic mass is 35.5. The van der Waals surface area contributed by atoms with Gasteiger partial charge in [0, 0.05) is 5.56 Å². The molecule has 6 heteroatoms. The van der Waals surface area contributed by atoms with Crippen LogP contribution < -0.4 is 5.43 Å². The van der Waals surface area contributed by atoms with Crippen LogP contribution in [-0.2, 0) is 6.42 Å². The van der Waals surface area contributed by atoms with E-state index < -0.39 is 16.0 Å². The average Bonchev–Trinajstić information content (AvgIpc) is 2.55. The molecule has 0 radical (unpaired) electrons. The maximum atomic E-state index is 12.7. The zero-order valence-corrected chi connectivity index (χ0v) is 13.2. The summed E-state index contributed by atoms with van der Waals surface area (Å²) in [7, 11) is 0. The Morgan fingerprint density at radius 3 is 2.62 bits per heavy atom. The molecule has 120 valence electrons. The molecule has 2 aromatic carbocycles. The van der Waals surface area contributed by atoms with Crippen LogP contribution in [0, 0.1) is 10.1 Å². The summed E-state index contributed by atoms with van der Waals surface area (Å²) in [5.41, 5.74) is 0.0254. The number of halogens is 1. The highest BCUT2D eigenvalue weighted by molar-refractivity contribution is 6.33. The van der Waals surface area contributed by atoms with Crippen LogP contribution >= 0.6 is 11.6 Å². The van der Waals surface area contributed by atoms with Gasteiger partial charge in [-0.2, -0.15) is 0 Å².